The molecule has 0 bridgehead atoms. The lowest BCUT2D eigenvalue weighted by atomic mass is 9.89. The van der Waals surface area contributed by atoms with Crippen molar-refractivity contribution in [1.29, 1.82) is 0 Å². The monoisotopic (exact) mass is 323 g/mol. The van der Waals surface area contributed by atoms with Gasteiger partial charge in [-0.2, -0.15) is 0 Å². The smallest absolute Gasteiger partial charge is 0.238 e. The summed E-state index contributed by atoms with van der Waals surface area (Å²) in [5, 5.41) is 6.47. The van der Waals surface area contributed by atoms with Gasteiger partial charge in [0.2, 0.25) is 5.91 Å². The van der Waals surface area contributed by atoms with Gasteiger partial charge in [-0.25, -0.2) is 0 Å². The molecule has 2 fully saturated rings. The number of carbonyl (C=O) groups is 1. The molecule has 2 heterocycles. The van der Waals surface area contributed by atoms with Crippen LogP contribution in [-0.4, -0.2) is 43.5 Å². The van der Waals surface area contributed by atoms with Gasteiger partial charge in [-0.1, -0.05) is 19.1 Å². The van der Waals surface area contributed by atoms with Crippen LogP contribution in [0.4, 0.5) is 5.69 Å². The number of nitrogens with zero attached hydrogens (tertiary/aromatic N) is 1. The zero-order valence-corrected chi connectivity index (χ0v) is 14.0. The summed E-state index contributed by atoms with van der Waals surface area (Å²) in [5.74, 6) is 1.66. The Morgan fingerprint density at radius 3 is 2.73 bits per heavy atom. The van der Waals surface area contributed by atoms with E-state index in [4.69, 9.17) is 0 Å². The average molecular weight is 324 g/mol. The lowest BCUT2D eigenvalue weighted by Gasteiger charge is -2.33. The van der Waals surface area contributed by atoms with Crippen molar-refractivity contribution in [3.8, 4) is 0 Å². The zero-order valence-electron chi connectivity index (χ0n) is 13.2. The Labute approximate surface area is 139 Å². The Bertz CT molecular complexity index is 491. The van der Waals surface area contributed by atoms with Crippen LogP contribution in [0.1, 0.15) is 18.9 Å². The van der Waals surface area contributed by atoms with E-state index in [0.717, 1.165) is 50.1 Å². The Hall–Kier alpha value is -1.10. The van der Waals surface area contributed by atoms with Gasteiger partial charge in [0, 0.05) is 12.2 Å². The molecule has 0 aliphatic carbocycles. The summed E-state index contributed by atoms with van der Waals surface area (Å²) in [6.07, 6.45) is 2.24. The Morgan fingerprint density at radius 1 is 1.27 bits per heavy atom. The summed E-state index contributed by atoms with van der Waals surface area (Å²) in [4.78, 5) is 14.5. The van der Waals surface area contributed by atoms with Crippen molar-refractivity contribution in [3.05, 3.63) is 29.8 Å². The highest BCUT2D eigenvalue weighted by Gasteiger charge is 2.33. The molecule has 1 aromatic rings. The predicted octanol–water partition coefficient (Wildman–Crippen LogP) is 2.15. The molecular weight excluding hydrogens is 298 g/mol. The molecule has 1 aromatic carbocycles. The van der Waals surface area contributed by atoms with E-state index in [2.05, 4.69) is 34.6 Å². The molecule has 0 saturated carbocycles. The minimum Gasteiger partial charge on any atom is -0.325 e. The highest BCUT2D eigenvalue weighted by atomic mass is 35.5. The summed E-state index contributed by atoms with van der Waals surface area (Å²) in [7, 11) is 0. The summed E-state index contributed by atoms with van der Waals surface area (Å²) in [6.45, 7) is 7.02. The number of hydrogen-bond donors (Lipinski definition) is 2. The number of hydrogen-bond acceptors (Lipinski definition) is 3. The second-order valence-corrected chi connectivity index (χ2v) is 6.30. The SMILES string of the molecule is CCc1ccc(NC(=O)CN2CCC3CNCC3C2)cc1.Cl. The number of halogens is 1. The Kier molecular flexibility index (Phi) is 6.24. The molecule has 2 unspecified atom stereocenters. The molecule has 22 heavy (non-hydrogen) atoms. The van der Waals surface area contributed by atoms with Crippen LogP contribution in [0.2, 0.25) is 0 Å². The Morgan fingerprint density at radius 2 is 2.00 bits per heavy atom. The first-order chi connectivity index (χ1) is 10.2. The number of fused-ring (bicyclic) bond motifs is 1. The largest absolute Gasteiger partial charge is 0.325 e. The highest BCUT2D eigenvalue weighted by molar-refractivity contribution is 5.92. The van der Waals surface area contributed by atoms with Crippen molar-refractivity contribution in [2.75, 3.05) is 38.0 Å². The molecule has 2 atom stereocenters. The molecule has 4 nitrogen and oxygen atoms in total. The number of carbonyl (C=O) groups excluding carboxylic acids is 1. The van der Waals surface area contributed by atoms with Gasteiger partial charge < -0.3 is 10.6 Å². The molecule has 2 aliphatic heterocycles. The lowest BCUT2D eigenvalue weighted by Crippen LogP contribution is -2.43. The normalized spacial score (nSPS) is 24.4. The van der Waals surface area contributed by atoms with Crippen molar-refractivity contribution < 1.29 is 4.79 Å². The molecule has 5 heteroatoms. The third-order valence-corrected chi connectivity index (χ3v) is 4.80. The minimum absolute atomic E-state index is 0. The van der Waals surface area contributed by atoms with Crippen molar-refractivity contribution in [2.24, 2.45) is 11.8 Å². The standard InChI is InChI=1S/C17H25N3O.ClH/c1-2-13-3-5-16(6-4-13)19-17(21)12-20-8-7-14-9-18-10-15(14)11-20;/h3-6,14-15,18H,2,7-12H2,1H3,(H,19,21);1H. The van der Waals surface area contributed by atoms with Crippen LogP contribution in [0, 0.1) is 11.8 Å². The topological polar surface area (TPSA) is 44.4 Å². The zero-order chi connectivity index (χ0) is 14.7. The van der Waals surface area contributed by atoms with Gasteiger partial charge in [-0.15, -0.1) is 12.4 Å². The fraction of sp³-hybridized carbons (Fsp3) is 0.588. The number of anilines is 1. The van der Waals surface area contributed by atoms with E-state index in [1.807, 2.05) is 12.1 Å². The van der Waals surface area contributed by atoms with Crippen LogP contribution in [0.15, 0.2) is 24.3 Å². The molecule has 2 N–H and O–H groups in total. The maximum atomic E-state index is 12.2. The number of benzene rings is 1. The van der Waals surface area contributed by atoms with E-state index >= 15 is 0 Å². The summed E-state index contributed by atoms with van der Waals surface area (Å²) in [5.41, 5.74) is 2.19. The van der Waals surface area contributed by atoms with Crippen molar-refractivity contribution in [1.82, 2.24) is 10.2 Å². The predicted molar refractivity (Wildman–Crippen MR) is 92.6 cm³/mol. The van der Waals surface area contributed by atoms with E-state index in [-0.39, 0.29) is 18.3 Å². The number of amides is 1. The van der Waals surface area contributed by atoms with Crippen LogP contribution >= 0.6 is 12.4 Å². The quantitative estimate of drug-likeness (QED) is 0.892. The number of nitrogens with one attached hydrogen (secondary N) is 2. The van der Waals surface area contributed by atoms with Crippen LogP contribution in [0.5, 0.6) is 0 Å². The number of rotatable bonds is 4. The third kappa shape index (κ3) is 4.22. The average Bonchev–Trinajstić information content (AvgIpc) is 2.95. The number of likely N-dealkylation sites (tertiary alicyclic amines) is 1. The van der Waals surface area contributed by atoms with Crippen LogP contribution < -0.4 is 10.6 Å². The van der Waals surface area contributed by atoms with Gasteiger partial charge in [-0.3, -0.25) is 9.69 Å². The van der Waals surface area contributed by atoms with Crippen molar-refractivity contribution in [3.63, 3.8) is 0 Å². The van der Waals surface area contributed by atoms with Gasteiger partial charge in [0.05, 0.1) is 6.54 Å². The molecular formula is C17H26ClN3O. The number of piperidine rings is 1. The van der Waals surface area contributed by atoms with E-state index in [1.165, 1.54) is 12.0 Å². The summed E-state index contributed by atoms with van der Waals surface area (Å²) >= 11 is 0. The second kappa shape index (κ2) is 7.95. The molecule has 0 aromatic heterocycles. The fourth-order valence-electron chi connectivity index (χ4n) is 3.48. The second-order valence-electron chi connectivity index (χ2n) is 6.30. The minimum atomic E-state index is 0. The molecule has 3 rings (SSSR count). The van der Waals surface area contributed by atoms with Gasteiger partial charge in [0.25, 0.3) is 0 Å². The maximum absolute atomic E-state index is 12.2. The van der Waals surface area contributed by atoms with Crippen LogP contribution in [-0.2, 0) is 11.2 Å². The fourth-order valence-corrected chi connectivity index (χ4v) is 3.48. The Balaban J connectivity index is 0.00000176. The summed E-state index contributed by atoms with van der Waals surface area (Å²) in [6, 6.07) is 8.13. The molecule has 1 amide bonds. The van der Waals surface area contributed by atoms with E-state index < -0.39 is 0 Å². The molecule has 2 saturated heterocycles. The van der Waals surface area contributed by atoms with E-state index in [9.17, 15) is 4.79 Å². The van der Waals surface area contributed by atoms with Gasteiger partial charge in [0.15, 0.2) is 0 Å². The van der Waals surface area contributed by atoms with Gasteiger partial charge in [0.1, 0.15) is 0 Å². The molecule has 0 radical (unpaired) electrons. The van der Waals surface area contributed by atoms with Crippen molar-refractivity contribution in [2.45, 2.75) is 19.8 Å². The van der Waals surface area contributed by atoms with E-state index in [0.29, 0.717) is 6.54 Å². The highest BCUT2D eigenvalue weighted by Crippen LogP contribution is 2.26. The first kappa shape index (κ1) is 17.3. The first-order valence-corrected chi connectivity index (χ1v) is 8.06. The molecule has 2 aliphatic rings. The van der Waals surface area contributed by atoms with Crippen LogP contribution in [0.3, 0.4) is 0 Å². The maximum Gasteiger partial charge on any atom is 0.238 e. The van der Waals surface area contributed by atoms with E-state index in [1.54, 1.807) is 0 Å². The van der Waals surface area contributed by atoms with Crippen LogP contribution in [0.25, 0.3) is 0 Å². The van der Waals surface area contributed by atoms with Gasteiger partial charge >= 0.3 is 0 Å². The molecule has 0 spiro atoms. The molecule has 122 valence electrons. The third-order valence-electron chi connectivity index (χ3n) is 4.80. The lowest BCUT2D eigenvalue weighted by molar-refractivity contribution is -0.117. The first-order valence-electron chi connectivity index (χ1n) is 8.06. The summed E-state index contributed by atoms with van der Waals surface area (Å²) < 4.78 is 0. The number of aryl methyl sites for hydroxylation is 1. The van der Waals surface area contributed by atoms with Crippen molar-refractivity contribution >= 4 is 24.0 Å². The van der Waals surface area contributed by atoms with Gasteiger partial charge in [-0.05, 0) is 62.0 Å².